The molecule has 0 spiro atoms. The Kier molecular flexibility index (Phi) is 4.10. The first-order chi connectivity index (χ1) is 10.5. The van der Waals surface area contributed by atoms with Crippen LogP contribution in [0.15, 0.2) is 24.3 Å². The van der Waals surface area contributed by atoms with Crippen molar-refractivity contribution >= 4 is 23.4 Å². The highest BCUT2D eigenvalue weighted by Gasteiger charge is 2.44. The molecule has 2 saturated heterocycles. The van der Waals surface area contributed by atoms with Crippen molar-refractivity contribution < 1.29 is 9.59 Å². The van der Waals surface area contributed by atoms with Gasteiger partial charge in [0.05, 0.1) is 0 Å². The molecule has 2 heterocycles. The van der Waals surface area contributed by atoms with Crippen molar-refractivity contribution in [3.05, 3.63) is 34.9 Å². The van der Waals surface area contributed by atoms with Crippen LogP contribution in [0.2, 0.25) is 5.02 Å². The van der Waals surface area contributed by atoms with E-state index in [0.717, 1.165) is 23.7 Å². The molecule has 2 amide bonds. The average Bonchev–Trinajstić information content (AvgIpc) is 2.53. The summed E-state index contributed by atoms with van der Waals surface area (Å²) in [6.07, 6.45) is 0. The van der Waals surface area contributed by atoms with Crippen LogP contribution in [0.1, 0.15) is 12.5 Å². The minimum absolute atomic E-state index is 0.0351. The van der Waals surface area contributed by atoms with Gasteiger partial charge >= 0.3 is 0 Å². The second-order valence-electron chi connectivity index (χ2n) is 6.03. The van der Waals surface area contributed by atoms with Gasteiger partial charge in [0.25, 0.3) is 0 Å². The first-order valence-corrected chi connectivity index (χ1v) is 7.89. The van der Waals surface area contributed by atoms with E-state index in [2.05, 4.69) is 4.90 Å². The van der Waals surface area contributed by atoms with Crippen LogP contribution in [0, 0.1) is 0 Å². The van der Waals surface area contributed by atoms with Crippen LogP contribution in [0.4, 0.5) is 0 Å². The molecule has 1 aromatic carbocycles. The minimum Gasteiger partial charge on any atom is -0.332 e. The van der Waals surface area contributed by atoms with E-state index in [1.807, 2.05) is 24.3 Å². The zero-order chi connectivity index (χ0) is 15.9. The van der Waals surface area contributed by atoms with Crippen LogP contribution in [0.3, 0.4) is 0 Å². The summed E-state index contributed by atoms with van der Waals surface area (Å²) in [6.45, 7) is 4.54. The number of amides is 2. The number of piperazine rings is 2. The summed E-state index contributed by atoms with van der Waals surface area (Å²) in [7, 11) is 1.71. The molecule has 0 aliphatic carbocycles. The molecule has 2 atom stereocenters. The van der Waals surface area contributed by atoms with Crippen LogP contribution in [-0.4, -0.2) is 65.3 Å². The van der Waals surface area contributed by atoms with E-state index in [1.165, 1.54) is 0 Å². The summed E-state index contributed by atoms with van der Waals surface area (Å²) in [5.74, 6) is 0.0890. The topological polar surface area (TPSA) is 43.9 Å². The molecule has 2 aliphatic heterocycles. The monoisotopic (exact) mass is 321 g/mol. The molecule has 0 radical (unpaired) electrons. The van der Waals surface area contributed by atoms with Crippen molar-refractivity contribution in [2.75, 3.05) is 26.7 Å². The van der Waals surface area contributed by atoms with E-state index in [-0.39, 0.29) is 23.9 Å². The van der Waals surface area contributed by atoms with Crippen molar-refractivity contribution in [2.24, 2.45) is 0 Å². The van der Waals surface area contributed by atoms with E-state index >= 15 is 0 Å². The summed E-state index contributed by atoms with van der Waals surface area (Å²) in [5.41, 5.74) is 1.16. The molecule has 2 fully saturated rings. The van der Waals surface area contributed by atoms with Gasteiger partial charge in [-0.1, -0.05) is 23.7 Å². The Labute approximate surface area is 135 Å². The number of fused-ring (bicyclic) bond motifs is 1. The number of benzene rings is 1. The summed E-state index contributed by atoms with van der Waals surface area (Å²) < 4.78 is 0. The Morgan fingerprint density at radius 2 is 1.82 bits per heavy atom. The third kappa shape index (κ3) is 2.71. The molecule has 3 rings (SSSR count). The van der Waals surface area contributed by atoms with Crippen LogP contribution < -0.4 is 0 Å². The van der Waals surface area contributed by atoms with Gasteiger partial charge in [-0.25, -0.2) is 0 Å². The van der Waals surface area contributed by atoms with E-state index in [9.17, 15) is 9.59 Å². The van der Waals surface area contributed by atoms with Gasteiger partial charge in [-0.05, 0) is 24.6 Å². The number of hydrogen-bond acceptors (Lipinski definition) is 3. The zero-order valence-corrected chi connectivity index (χ0v) is 13.6. The Bertz CT molecular complexity index is 590. The standard InChI is InChI=1S/C16H20ClN3O2/c1-11-15(21)20-8-7-19(10-14(20)16(22)18(11)2)9-12-3-5-13(17)6-4-12/h3-6,11,14H,7-10H2,1-2H3/t11-,14+/m0/s1. The zero-order valence-electron chi connectivity index (χ0n) is 12.8. The Morgan fingerprint density at radius 3 is 2.50 bits per heavy atom. The van der Waals surface area contributed by atoms with Crippen molar-refractivity contribution in [1.29, 1.82) is 0 Å². The molecule has 6 heteroatoms. The minimum atomic E-state index is -0.355. The van der Waals surface area contributed by atoms with E-state index < -0.39 is 0 Å². The fourth-order valence-electron chi connectivity index (χ4n) is 3.14. The summed E-state index contributed by atoms with van der Waals surface area (Å²) in [5, 5.41) is 0.720. The number of hydrogen-bond donors (Lipinski definition) is 0. The molecule has 118 valence electrons. The van der Waals surface area contributed by atoms with Crippen LogP contribution >= 0.6 is 11.6 Å². The smallest absolute Gasteiger partial charge is 0.247 e. The number of nitrogens with zero attached hydrogens (tertiary/aromatic N) is 3. The Morgan fingerprint density at radius 1 is 1.14 bits per heavy atom. The van der Waals surface area contributed by atoms with E-state index in [4.69, 9.17) is 11.6 Å². The third-order valence-electron chi connectivity index (χ3n) is 4.64. The first-order valence-electron chi connectivity index (χ1n) is 7.51. The van der Waals surface area contributed by atoms with Gasteiger partial charge in [-0.15, -0.1) is 0 Å². The van der Waals surface area contributed by atoms with Gasteiger partial charge in [0, 0.05) is 38.2 Å². The van der Waals surface area contributed by atoms with Crippen molar-refractivity contribution in [2.45, 2.75) is 25.6 Å². The van der Waals surface area contributed by atoms with Gasteiger partial charge in [-0.2, -0.15) is 0 Å². The van der Waals surface area contributed by atoms with Gasteiger partial charge in [-0.3, -0.25) is 14.5 Å². The maximum absolute atomic E-state index is 12.4. The highest BCUT2D eigenvalue weighted by atomic mass is 35.5. The second kappa shape index (κ2) is 5.89. The highest BCUT2D eigenvalue weighted by molar-refractivity contribution is 6.30. The molecular formula is C16H20ClN3O2. The molecule has 2 aliphatic rings. The molecule has 0 N–H and O–H groups in total. The third-order valence-corrected chi connectivity index (χ3v) is 4.89. The lowest BCUT2D eigenvalue weighted by atomic mass is 10.0. The number of likely N-dealkylation sites (N-methyl/N-ethyl adjacent to an activating group) is 1. The number of carbonyl (C=O) groups excluding carboxylic acids is 2. The van der Waals surface area contributed by atoms with Gasteiger partial charge in [0.2, 0.25) is 11.8 Å². The summed E-state index contributed by atoms with van der Waals surface area (Å²) in [4.78, 5) is 30.3. The Hall–Kier alpha value is -1.59. The van der Waals surface area contributed by atoms with Crippen molar-refractivity contribution in [3.63, 3.8) is 0 Å². The van der Waals surface area contributed by atoms with Gasteiger partial charge < -0.3 is 9.80 Å². The number of halogens is 1. The molecule has 0 saturated carbocycles. The lowest BCUT2D eigenvalue weighted by Crippen LogP contribution is -2.68. The van der Waals surface area contributed by atoms with E-state index in [0.29, 0.717) is 13.1 Å². The highest BCUT2D eigenvalue weighted by Crippen LogP contribution is 2.22. The molecule has 1 aromatic rings. The maximum Gasteiger partial charge on any atom is 0.247 e. The second-order valence-corrected chi connectivity index (χ2v) is 6.47. The fourth-order valence-corrected chi connectivity index (χ4v) is 3.26. The predicted molar refractivity (Wildman–Crippen MR) is 84.5 cm³/mol. The SMILES string of the molecule is C[C@H]1C(=O)N2CCN(Cc3ccc(Cl)cc3)C[C@@H]2C(=O)N1C. The molecule has 22 heavy (non-hydrogen) atoms. The van der Waals surface area contributed by atoms with Gasteiger partial charge in [0.1, 0.15) is 12.1 Å². The first kappa shape index (κ1) is 15.3. The summed E-state index contributed by atoms with van der Waals surface area (Å²) in [6, 6.07) is 7.03. The number of rotatable bonds is 2. The van der Waals surface area contributed by atoms with E-state index in [1.54, 1.807) is 23.8 Å². The molecule has 0 unspecified atom stereocenters. The lowest BCUT2D eigenvalue weighted by Gasteiger charge is -2.47. The average molecular weight is 322 g/mol. The quantitative estimate of drug-likeness (QED) is 0.822. The maximum atomic E-state index is 12.4. The van der Waals surface area contributed by atoms with Crippen molar-refractivity contribution in [1.82, 2.24) is 14.7 Å². The van der Waals surface area contributed by atoms with Crippen LogP contribution in [0.25, 0.3) is 0 Å². The number of carbonyl (C=O) groups is 2. The van der Waals surface area contributed by atoms with Gasteiger partial charge in [0.15, 0.2) is 0 Å². The van der Waals surface area contributed by atoms with Crippen LogP contribution in [0.5, 0.6) is 0 Å². The van der Waals surface area contributed by atoms with Crippen LogP contribution in [-0.2, 0) is 16.1 Å². The molecule has 0 bridgehead atoms. The molecular weight excluding hydrogens is 302 g/mol. The normalized spacial score (nSPS) is 26.3. The fraction of sp³-hybridized carbons (Fsp3) is 0.500. The Balaban J connectivity index is 1.71. The van der Waals surface area contributed by atoms with Crippen molar-refractivity contribution in [3.8, 4) is 0 Å². The molecule has 0 aromatic heterocycles. The summed E-state index contributed by atoms with van der Waals surface area (Å²) >= 11 is 5.90. The molecule has 5 nitrogen and oxygen atoms in total. The lowest BCUT2D eigenvalue weighted by molar-refractivity contribution is -0.163. The largest absolute Gasteiger partial charge is 0.332 e. The predicted octanol–water partition coefficient (Wildman–Crippen LogP) is 1.21.